The van der Waals surface area contributed by atoms with Crippen molar-refractivity contribution in [1.29, 1.82) is 0 Å². The third-order valence-electron chi connectivity index (χ3n) is 4.10. The molecular weight excluding hydrogens is 322 g/mol. The maximum Gasteiger partial charge on any atom is 0.315 e. The van der Waals surface area contributed by atoms with Gasteiger partial charge in [0.15, 0.2) is 0 Å². The van der Waals surface area contributed by atoms with Gasteiger partial charge in [0.05, 0.1) is 11.7 Å². The van der Waals surface area contributed by atoms with E-state index in [1.807, 2.05) is 45.2 Å². The van der Waals surface area contributed by atoms with Gasteiger partial charge in [0.1, 0.15) is 5.76 Å². The van der Waals surface area contributed by atoms with Gasteiger partial charge in [-0.1, -0.05) is 30.3 Å². The lowest BCUT2D eigenvalue weighted by Gasteiger charge is -2.19. The number of urea groups is 1. The van der Waals surface area contributed by atoms with Gasteiger partial charge in [-0.05, 0) is 38.7 Å². The van der Waals surface area contributed by atoms with Crippen LogP contribution in [-0.2, 0) is 0 Å². The van der Waals surface area contributed by atoms with Gasteiger partial charge < -0.3 is 15.2 Å². The van der Waals surface area contributed by atoms with E-state index in [0.29, 0.717) is 6.54 Å². The Morgan fingerprint density at radius 2 is 2.00 bits per heavy atom. The second-order valence-electron chi connectivity index (χ2n) is 5.96. The summed E-state index contributed by atoms with van der Waals surface area (Å²) in [5.41, 5.74) is 3.07. The predicted molar refractivity (Wildman–Crippen MR) is 97.6 cm³/mol. The quantitative estimate of drug-likeness (QED) is 0.769. The Morgan fingerprint density at radius 1 is 1.29 bits per heavy atom. The van der Waals surface area contributed by atoms with Gasteiger partial charge in [-0.15, -0.1) is 11.8 Å². The molecule has 2 atom stereocenters. The van der Waals surface area contributed by atoms with Crippen molar-refractivity contribution in [2.45, 2.75) is 44.6 Å². The number of rotatable bonds is 6. The number of amides is 2. The summed E-state index contributed by atoms with van der Waals surface area (Å²) in [5.74, 6) is 0.959. The third kappa shape index (κ3) is 4.32. The normalized spacial score (nSPS) is 13.4. The van der Waals surface area contributed by atoms with Crippen LogP contribution < -0.4 is 10.6 Å². The minimum atomic E-state index is -0.169. The van der Waals surface area contributed by atoms with E-state index in [2.05, 4.69) is 28.8 Å². The molecule has 24 heavy (non-hydrogen) atoms. The van der Waals surface area contributed by atoms with Crippen molar-refractivity contribution in [2.24, 2.45) is 0 Å². The number of hydrogen-bond acceptors (Lipinski definition) is 4. The molecule has 130 valence electrons. The highest BCUT2D eigenvalue weighted by Gasteiger charge is 2.18. The number of nitrogens with one attached hydrogen (secondary N) is 2. The molecular formula is C18H25N3O2S. The molecule has 0 fully saturated rings. The van der Waals surface area contributed by atoms with Crippen molar-refractivity contribution < 1.29 is 9.32 Å². The van der Waals surface area contributed by atoms with Crippen LogP contribution in [0.2, 0.25) is 0 Å². The van der Waals surface area contributed by atoms with Crippen molar-refractivity contribution in [3.63, 3.8) is 0 Å². The third-order valence-corrected chi connectivity index (χ3v) is 4.91. The van der Waals surface area contributed by atoms with Gasteiger partial charge in [-0.3, -0.25) is 0 Å². The zero-order valence-electron chi connectivity index (χ0n) is 14.8. The van der Waals surface area contributed by atoms with Gasteiger partial charge in [0, 0.05) is 22.9 Å². The van der Waals surface area contributed by atoms with Crippen molar-refractivity contribution >= 4 is 17.8 Å². The number of hydrogen-bond donors (Lipinski definition) is 2. The molecule has 1 heterocycles. The fourth-order valence-corrected chi connectivity index (χ4v) is 3.59. The molecule has 2 aromatic rings. The van der Waals surface area contributed by atoms with Crippen molar-refractivity contribution in [2.75, 3.05) is 12.8 Å². The summed E-state index contributed by atoms with van der Waals surface area (Å²) in [6, 6.07) is 7.89. The molecule has 1 aromatic carbocycles. The van der Waals surface area contributed by atoms with E-state index in [4.69, 9.17) is 4.52 Å². The molecule has 0 spiro atoms. The number of carbonyl (C=O) groups excluding carboxylic acids is 1. The smallest absolute Gasteiger partial charge is 0.315 e. The van der Waals surface area contributed by atoms with Gasteiger partial charge in [0.2, 0.25) is 0 Å². The Morgan fingerprint density at radius 3 is 2.62 bits per heavy atom. The predicted octanol–water partition coefficient (Wildman–Crippen LogP) is 4.18. The molecule has 1 aromatic heterocycles. The summed E-state index contributed by atoms with van der Waals surface area (Å²) in [6.07, 6.45) is 2.04. The molecule has 2 rings (SSSR count). The lowest BCUT2D eigenvalue weighted by atomic mass is 10.00. The Balaban J connectivity index is 1.91. The molecule has 0 saturated heterocycles. The number of aryl methyl sites for hydroxylation is 2. The number of aromatic nitrogens is 1. The van der Waals surface area contributed by atoms with Crippen LogP contribution in [0, 0.1) is 13.8 Å². The molecule has 0 aliphatic carbocycles. The van der Waals surface area contributed by atoms with E-state index in [1.165, 1.54) is 4.90 Å². The van der Waals surface area contributed by atoms with E-state index in [1.54, 1.807) is 11.8 Å². The summed E-state index contributed by atoms with van der Waals surface area (Å²) >= 11 is 1.68. The summed E-state index contributed by atoms with van der Waals surface area (Å²) in [5, 5.41) is 9.90. The number of benzene rings is 1. The summed E-state index contributed by atoms with van der Waals surface area (Å²) in [6.45, 7) is 8.40. The topological polar surface area (TPSA) is 67.2 Å². The minimum absolute atomic E-state index is 0.0528. The summed E-state index contributed by atoms with van der Waals surface area (Å²) in [7, 11) is 0. The molecule has 0 radical (unpaired) electrons. The van der Waals surface area contributed by atoms with E-state index in [9.17, 15) is 4.79 Å². The fourth-order valence-electron chi connectivity index (χ4n) is 2.89. The largest absolute Gasteiger partial charge is 0.361 e. The van der Waals surface area contributed by atoms with Crippen LogP contribution in [0.4, 0.5) is 4.79 Å². The van der Waals surface area contributed by atoms with Crippen LogP contribution in [0.15, 0.2) is 33.7 Å². The number of nitrogens with zero attached hydrogens (tertiary/aromatic N) is 1. The van der Waals surface area contributed by atoms with Crippen LogP contribution in [0.25, 0.3) is 0 Å². The zero-order chi connectivity index (χ0) is 17.7. The molecule has 2 amide bonds. The van der Waals surface area contributed by atoms with Crippen LogP contribution in [0.5, 0.6) is 0 Å². The molecule has 6 heteroatoms. The fraction of sp³-hybridized carbons (Fsp3) is 0.444. The molecule has 0 unspecified atom stereocenters. The highest BCUT2D eigenvalue weighted by Crippen LogP contribution is 2.25. The lowest BCUT2D eigenvalue weighted by molar-refractivity contribution is 0.237. The molecule has 5 nitrogen and oxygen atoms in total. The first kappa shape index (κ1) is 18.4. The van der Waals surface area contributed by atoms with Crippen LogP contribution in [0.1, 0.15) is 48.4 Å². The average Bonchev–Trinajstić information content (AvgIpc) is 2.91. The Kier molecular flexibility index (Phi) is 6.31. The Bertz CT molecular complexity index is 680. The zero-order valence-corrected chi connectivity index (χ0v) is 15.7. The molecule has 0 bridgehead atoms. The van der Waals surface area contributed by atoms with Gasteiger partial charge in [0.25, 0.3) is 0 Å². The van der Waals surface area contributed by atoms with Crippen LogP contribution >= 0.6 is 11.8 Å². The van der Waals surface area contributed by atoms with Crippen LogP contribution in [-0.4, -0.2) is 24.0 Å². The second-order valence-corrected chi connectivity index (χ2v) is 6.80. The number of thioether (sulfide) groups is 1. The van der Waals surface area contributed by atoms with Crippen molar-refractivity contribution in [1.82, 2.24) is 15.8 Å². The minimum Gasteiger partial charge on any atom is -0.361 e. The average molecular weight is 347 g/mol. The lowest BCUT2D eigenvalue weighted by Crippen LogP contribution is -2.38. The van der Waals surface area contributed by atoms with E-state index < -0.39 is 0 Å². The van der Waals surface area contributed by atoms with Crippen LogP contribution in [0.3, 0.4) is 0 Å². The van der Waals surface area contributed by atoms with Gasteiger partial charge in [-0.25, -0.2) is 4.79 Å². The van der Waals surface area contributed by atoms with Gasteiger partial charge in [-0.2, -0.15) is 0 Å². The monoisotopic (exact) mass is 347 g/mol. The second kappa shape index (κ2) is 8.24. The first-order valence-electron chi connectivity index (χ1n) is 8.04. The highest BCUT2D eigenvalue weighted by molar-refractivity contribution is 7.98. The summed E-state index contributed by atoms with van der Waals surface area (Å²) in [4.78, 5) is 13.4. The van der Waals surface area contributed by atoms with E-state index in [-0.39, 0.29) is 18.0 Å². The highest BCUT2D eigenvalue weighted by atomic mass is 32.2. The molecule has 2 N–H and O–H groups in total. The Hall–Kier alpha value is -1.95. The SMILES string of the molecule is CSc1ccccc1[C@@H](C)NC(=O)NC[C@@H](C)c1c(C)noc1C. The first-order chi connectivity index (χ1) is 11.4. The van der Waals surface area contributed by atoms with Crippen molar-refractivity contribution in [3.05, 3.63) is 46.8 Å². The maximum atomic E-state index is 12.2. The van der Waals surface area contributed by atoms with E-state index in [0.717, 1.165) is 22.6 Å². The van der Waals surface area contributed by atoms with Crippen molar-refractivity contribution in [3.8, 4) is 0 Å². The number of carbonyl (C=O) groups is 1. The molecule has 0 aliphatic rings. The first-order valence-corrected chi connectivity index (χ1v) is 9.26. The van der Waals surface area contributed by atoms with E-state index >= 15 is 0 Å². The van der Waals surface area contributed by atoms with Gasteiger partial charge >= 0.3 is 6.03 Å². The molecule has 0 saturated carbocycles. The maximum absolute atomic E-state index is 12.2. The molecule has 0 aliphatic heterocycles. The summed E-state index contributed by atoms with van der Waals surface area (Å²) < 4.78 is 5.19. The Labute approximate surface area is 147 Å². The standard InChI is InChI=1S/C18H25N3O2S/c1-11(17-13(3)21-23-14(17)4)10-19-18(22)20-12(2)15-8-6-7-9-16(15)24-5/h6-9,11-12H,10H2,1-5H3,(H2,19,20,22)/t11-,12-/m1/s1.